The molecule has 1 aliphatic carbocycles. The number of hydrogen-bond acceptors (Lipinski definition) is 2. The van der Waals surface area contributed by atoms with Gasteiger partial charge in [-0.2, -0.15) is 0 Å². The van der Waals surface area contributed by atoms with Gasteiger partial charge >= 0.3 is 0 Å². The first-order valence-corrected chi connectivity index (χ1v) is 7.19. The van der Waals surface area contributed by atoms with Gasteiger partial charge in [0.1, 0.15) is 5.75 Å². The van der Waals surface area contributed by atoms with Gasteiger partial charge in [-0.15, -0.1) is 0 Å². The number of benzene rings is 1. The van der Waals surface area contributed by atoms with Gasteiger partial charge in [0.2, 0.25) is 0 Å². The molecule has 0 saturated heterocycles. The van der Waals surface area contributed by atoms with E-state index in [0.717, 1.165) is 35.3 Å². The first-order chi connectivity index (χ1) is 8.65. The number of hydrogen-bond donors (Lipinski definition) is 1. The number of rotatable bonds is 7. The Bertz CT molecular complexity index is 390. The lowest BCUT2D eigenvalue weighted by Crippen LogP contribution is -2.20. The summed E-state index contributed by atoms with van der Waals surface area (Å²) >= 11 is 5.99. The highest BCUT2D eigenvalue weighted by Gasteiger charge is 2.19. The summed E-state index contributed by atoms with van der Waals surface area (Å²) in [4.78, 5) is 0. The standard InChI is InChI=1S/C15H22ClNO/c1-11-10-14(7-8-15(11)16)18-12(2)4-3-9-17-13-5-6-13/h7-8,10,12-13,17H,3-6,9H2,1-2H3. The van der Waals surface area contributed by atoms with E-state index in [2.05, 4.69) is 12.2 Å². The van der Waals surface area contributed by atoms with Crippen LogP contribution in [0.2, 0.25) is 5.02 Å². The van der Waals surface area contributed by atoms with E-state index >= 15 is 0 Å². The lowest BCUT2D eigenvalue weighted by atomic mass is 10.2. The average molecular weight is 268 g/mol. The molecule has 0 radical (unpaired) electrons. The molecule has 0 heterocycles. The third-order valence-corrected chi connectivity index (χ3v) is 3.69. The van der Waals surface area contributed by atoms with E-state index in [1.165, 1.54) is 19.3 Å². The maximum absolute atomic E-state index is 5.99. The molecule has 1 unspecified atom stereocenters. The fourth-order valence-electron chi connectivity index (χ4n) is 1.96. The summed E-state index contributed by atoms with van der Waals surface area (Å²) < 4.78 is 5.89. The summed E-state index contributed by atoms with van der Waals surface area (Å²) in [6.45, 7) is 5.23. The first kappa shape index (κ1) is 13.7. The zero-order chi connectivity index (χ0) is 13.0. The fourth-order valence-corrected chi connectivity index (χ4v) is 2.08. The molecule has 2 nitrogen and oxygen atoms in total. The molecule has 3 heteroatoms. The molecule has 0 aromatic heterocycles. The molecule has 1 aliphatic rings. The predicted octanol–water partition coefficient (Wildman–Crippen LogP) is 3.95. The van der Waals surface area contributed by atoms with E-state index < -0.39 is 0 Å². The first-order valence-electron chi connectivity index (χ1n) is 6.81. The minimum absolute atomic E-state index is 0.256. The highest BCUT2D eigenvalue weighted by Crippen LogP contribution is 2.22. The van der Waals surface area contributed by atoms with Crippen LogP contribution in [0.25, 0.3) is 0 Å². The van der Waals surface area contributed by atoms with Crippen molar-refractivity contribution in [3.63, 3.8) is 0 Å². The second kappa shape index (κ2) is 6.44. The maximum atomic E-state index is 5.99. The molecule has 1 atom stereocenters. The van der Waals surface area contributed by atoms with Gasteiger partial charge < -0.3 is 10.1 Å². The molecule has 1 aromatic rings. The van der Waals surface area contributed by atoms with Crippen LogP contribution >= 0.6 is 11.6 Å². The quantitative estimate of drug-likeness (QED) is 0.756. The molecule has 18 heavy (non-hydrogen) atoms. The molecule has 0 bridgehead atoms. The zero-order valence-electron chi connectivity index (χ0n) is 11.2. The van der Waals surface area contributed by atoms with Gasteiger partial charge in [0.15, 0.2) is 0 Å². The highest BCUT2D eigenvalue weighted by molar-refractivity contribution is 6.31. The molecule has 1 saturated carbocycles. The zero-order valence-corrected chi connectivity index (χ0v) is 12.0. The van der Waals surface area contributed by atoms with Crippen molar-refractivity contribution in [3.8, 4) is 5.75 Å². The minimum Gasteiger partial charge on any atom is -0.491 e. The molecular weight excluding hydrogens is 246 g/mol. The monoisotopic (exact) mass is 267 g/mol. The van der Waals surface area contributed by atoms with E-state index in [1.54, 1.807) is 0 Å². The minimum atomic E-state index is 0.256. The van der Waals surface area contributed by atoms with Crippen LogP contribution in [0.5, 0.6) is 5.75 Å². The van der Waals surface area contributed by atoms with Crippen molar-refractivity contribution < 1.29 is 4.74 Å². The van der Waals surface area contributed by atoms with E-state index in [-0.39, 0.29) is 6.10 Å². The van der Waals surface area contributed by atoms with Crippen LogP contribution in [0, 0.1) is 6.92 Å². The molecule has 1 fully saturated rings. The van der Waals surface area contributed by atoms with Crippen LogP contribution < -0.4 is 10.1 Å². The Morgan fingerprint density at radius 3 is 2.89 bits per heavy atom. The molecule has 100 valence electrons. The number of aryl methyl sites for hydroxylation is 1. The van der Waals surface area contributed by atoms with E-state index in [4.69, 9.17) is 16.3 Å². The van der Waals surface area contributed by atoms with Crippen LogP contribution in [0.1, 0.15) is 38.2 Å². The summed E-state index contributed by atoms with van der Waals surface area (Å²) in [6.07, 6.45) is 5.23. The summed E-state index contributed by atoms with van der Waals surface area (Å²) in [7, 11) is 0. The average Bonchev–Trinajstić information content (AvgIpc) is 3.14. The number of ether oxygens (including phenoxy) is 1. The van der Waals surface area contributed by atoms with Crippen LogP contribution in [0.15, 0.2) is 18.2 Å². The summed E-state index contributed by atoms with van der Waals surface area (Å²) in [5.41, 5.74) is 1.07. The SMILES string of the molecule is Cc1cc(OC(C)CCCNC2CC2)ccc1Cl. The van der Waals surface area contributed by atoms with Gasteiger partial charge in [0, 0.05) is 11.1 Å². The van der Waals surface area contributed by atoms with Gasteiger partial charge in [0.05, 0.1) is 6.10 Å². The topological polar surface area (TPSA) is 21.3 Å². The van der Waals surface area contributed by atoms with Gasteiger partial charge in [-0.05, 0) is 69.8 Å². The Morgan fingerprint density at radius 1 is 1.44 bits per heavy atom. The Labute approximate surface area is 115 Å². The van der Waals surface area contributed by atoms with Crippen molar-refractivity contribution >= 4 is 11.6 Å². The molecule has 0 spiro atoms. The van der Waals surface area contributed by atoms with Crippen LogP contribution in [0.3, 0.4) is 0 Å². The Hall–Kier alpha value is -0.730. The van der Waals surface area contributed by atoms with Crippen molar-refractivity contribution in [1.29, 1.82) is 0 Å². The largest absolute Gasteiger partial charge is 0.491 e. The highest BCUT2D eigenvalue weighted by atomic mass is 35.5. The summed E-state index contributed by atoms with van der Waals surface area (Å²) in [5, 5.41) is 4.31. The van der Waals surface area contributed by atoms with Crippen molar-refractivity contribution in [1.82, 2.24) is 5.32 Å². The third-order valence-electron chi connectivity index (χ3n) is 3.26. The molecule has 0 amide bonds. The van der Waals surface area contributed by atoms with Gasteiger partial charge in [0.25, 0.3) is 0 Å². The normalized spacial score (nSPS) is 16.6. The number of halogens is 1. The van der Waals surface area contributed by atoms with E-state index in [0.29, 0.717) is 0 Å². The maximum Gasteiger partial charge on any atom is 0.120 e. The van der Waals surface area contributed by atoms with Gasteiger partial charge in [-0.1, -0.05) is 11.6 Å². The Morgan fingerprint density at radius 2 is 2.22 bits per heavy atom. The van der Waals surface area contributed by atoms with Gasteiger partial charge in [-0.25, -0.2) is 0 Å². The number of nitrogens with one attached hydrogen (secondary N) is 1. The lowest BCUT2D eigenvalue weighted by Gasteiger charge is -2.15. The van der Waals surface area contributed by atoms with Crippen molar-refractivity contribution in [2.45, 2.75) is 51.7 Å². The fraction of sp³-hybridized carbons (Fsp3) is 0.600. The van der Waals surface area contributed by atoms with Crippen LogP contribution in [0.4, 0.5) is 0 Å². The summed E-state index contributed by atoms with van der Waals surface area (Å²) in [5.74, 6) is 0.916. The summed E-state index contributed by atoms with van der Waals surface area (Å²) in [6, 6.07) is 6.64. The van der Waals surface area contributed by atoms with Crippen LogP contribution in [-0.4, -0.2) is 18.7 Å². The van der Waals surface area contributed by atoms with Crippen molar-refractivity contribution in [2.24, 2.45) is 0 Å². The third kappa shape index (κ3) is 4.51. The second-order valence-corrected chi connectivity index (χ2v) is 5.62. The van der Waals surface area contributed by atoms with Crippen LogP contribution in [-0.2, 0) is 0 Å². The predicted molar refractivity (Wildman–Crippen MR) is 76.5 cm³/mol. The lowest BCUT2D eigenvalue weighted by molar-refractivity contribution is 0.207. The van der Waals surface area contributed by atoms with Gasteiger partial charge in [-0.3, -0.25) is 0 Å². The second-order valence-electron chi connectivity index (χ2n) is 5.21. The Kier molecular flexibility index (Phi) is 4.90. The Balaban J connectivity index is 1.68. The smallest absolute Gasteiger partial charge is 0.120 e. The molecule has 2 rings (SSSR count). The van der Waals surface area contributed by atoms with Crippen molar-refractivity contribution in [2.75, 3.05) is 6.54 Å². The van der Waals surface area contributed by atoms with E-state index in [9.17, 15) is 0 Å². The molecule has 1 N–H and O–H groups in total. The van der Waals surface area contributed by atoms with Crippen molar-refractivity contribution in [3.05, 3.63) is 28.8 Å². The van der Waals surface area contributed by atoms with E-state index in [1.807, 2.05) is 25.1 Å². The molecule has 1 aromatic carbocycles. The molecule has 0 aliphatic heterocycles. The molecular formula is C15H22ClNO.